The van der Waals surface area contributed by atoms with Crippen LogP contribution in [0.15, 0.2) is 30.3 Å². The van der Waals surface area contributed by atoms with Crippen molar-refractivity contribution in [2.24, 2.45) is 5.73 Å². The van der Waals surface area contributed by atoms with Crippen LogP contribution in [0.3, 0.4) is 0 Å². The van der Waals surface area contributed by atoms with E-state index in [0.717, 1.165) is 51.8 Å². The van der Waals surface area contributed by atoms with Gasteiger partial charge < -0.3 is 15.4 Å². The molecule has 1 aromatic carbocycles. The first-order valence-corrected chi connectivity index (χ1v) is 8.43. The molecule has 2 N–H and O–H groups in total. The highest BCUT2D eigenvalue weighted by molar-refractivity contribution is 5.91. The summed E-state index contributed by atoms with van der Waals surface area (Å²) in [7, 11) is 0. The largest absolute Gasteiger partial charge is 0.378 e. The highest BCUT2D eigenvalue weighted by Gasteiger charge is 2.53. The van der Waals surface area contributed by atoms with E-state index in [0.29, 0.717) is 18.6 Å². The van der Waals surface area contributed by atoms with Gasteiger partial charge in [0.05, 0.1) is 11.5 Å². The van der Waals surface area contributed by atoms with E-state index in [1.807, 2.05) is 23.1 Å². The number of carbonyl (C=O) groups excluding carboxylic acids is 1. The zero-order chi connectivity index (χ0) is 15.4. The fourth-order valence-corrected chi connectivity index (χ4v) is 3.37. The quantitative estimate of drug-likeness (QED) is 0.811. The molecule has 1 aromatic rings. The summed E-state index contributed by atoms with van der Waals surface area (Å²) < 4.78 is 5.82. The van der Waals surface area contributed by atoms with Crippen LogP contribution >= 0.6 is 12.4 Å². The zero-order valence-corrected chi connectivity index (χ0v) is 14.4. The lowest BCUT2D eigenvalue weighted by molar-refractivity contribution is -0.136. The van der Waals surface area contributed by atoms with Crippen molar-refractivity contribution < 1.29 is 9.53 Å². The predicted octanol–water partition coefficient (Wildman–Crippen LogP) is 2.50. The molecule has 3 rings (SSSR count). The average Bonchev–Trinajstić information content (AvgIpc) is 3.38. The minimum atomic E-state index is -0.228. The van der Waals surface area contributed by atoms with E-state index in [9.17, 15) is 4.79 Å². The van der Waals surface area contributed by atoms with Gasteiger partial charge >= 0.3 is 0 Å². The Morgan fingerprint density at radius 3 is 2.43 bits per heavy atom. The summed E-state index contributed by atoms with van der Waals surface area (Å²) in [6.07, 6.45) is 5.08. The lowest BCUT2D eigenvalue weighted by Gasteiger charge is -2.34. The molecule has 23 heavy (non-hydrogen) atoms. The molecule has 0 spiro atoms. The van der Waals surface area contributed by atoms with Gasteiger partial charge in [0.1, 0.15) is 0 Å². The van der Waals surface area contributed by atoms with Gasteiger partial charge in [0, 0.05) is 19.7 Å². The maximum Gasteiger partial charge on any atom is 0.233 e. The maximum absolute atomic E-state index is 12.9. The number of halogens is 1. The van der Waals surface area contributed by atoms with Crippen molar-refractivity contribution >= 4 is 18.3 Å². The summed E-state index contributed by atoms with van der Waals surface area (Å²) in [6, 6.07) is 10.2. The molecule has 0 bridgehead atoms. The van der Waals surface area contributed by atoms with Gasteiger partial charge in [-0.2, -0.15) is 0 Å². The number of hydrogen-bond acceptors (Lipinski definition) is 3. The van der Waals surface area contributed by atoms with Crippen molar-refractivity contribution in [3.05, 3.63) is 35.9 Å². The second kappa shape index (κ2) is 8.13. The van der Waals surface area contributed by atoms with Gasteiger partial charge in [0.2, 0.25) is 5.91 Å². The molecule has 5 heteroatoms. The van der Waals surface area contributed by atoms with Gasteiger partial charge in [-0.3, -0.25) is 4.79 Å². The van der Waals surface area contributed by atoms with Gasteiger partial charge in [-0.25, -0.2) is 0 Å². The summed E-state index contributed by atoms with van der Waals surface area (Å²) in [4.78, 5) is 15.0. The van der Waals surface area contributed by atoms with Crippen LogP contribution in [-0.4, -0.2) is 43.2 Å². The lowest BCUT2D eigenvalue weighted by atomic mass is 9.93. The Labute approximate surface area is 144 Å². The highest BCUT2D eigenvalue weighted by atomic mass is 35.5. The number of nitrogens with two attached hydrogens (primary N) is 1. The number of rotatable bonds is 6. The van der Waals surface area contributed by atoms with Crippen molar-refractivity contribution in [2.75, 3.05) is 26.2 Å². The number of nitrogens with zero attached hydrogens (tertiary/aromatic N) is 1. The monoisotopic (exact) mass is 338 g/mol. The Bertz CT molecular complexity index is 497. The third-order valence-corrected chi connectivity index (χ3v) is 4.92. The predicted molar refractivity (Wildman–Crippen MR) is 93.8 cm³/mol. The normalized spacial score (nSPS) is 20.0. The molecular weight excluding hydrogens is 312 g/mol. The van der Waals surface area contributed by atoms with Crippen LogP contribution in [0.4, 0.5) is 0 Å². The first kappa shape index (κ1) is 18.2. The van der Waals surface area contributed by atoms with Crippen LogP contribution in [0.5, 0.6) is 0 Å². The third kappa shape index (κ3) is 4.06. The van der Waals surface area contributed by atoms with E-state index >= 15 is 0 Å². The van der Waals surface area contributed by atoms with Crippen LogP contribution in [0.25, 0.3) is 0 Å². The second-order valence-corrected chi connectivity index (χ2v) is 6.45. The SMILES string of the molecule is Cl.NCCCOC1CCN(C(=O)C2(c3ccccc3)CC2)CC1. The van der Waals surface area contributed by atoms with Crippen LogP contribution in [0.1, 0.15) is 37.7 Å². The molecule has 1 saturated carbocycles. The Morgan fingerprint density at radius 1 is 1.22 bits per heavy atom. The molecule has 1 aliphatic carbocycles. The second-order valence-electron chi connectivity index (χ2n) is 6.45. The van der Waals surface area contributed by atoms with Crippen molar-refractivity contribution in [1.82, 2.24) is 4.90 Å². The summed E-state index contributed by atoms with van der Waals surface area (Å²) in [5, 5.41) is 0. The van der Waals surface area contributed by atoms with Gasteiger partial charge in [-0.05, 0) is 44.2 Å². The molecule has 0 atom stereocenters. The van der Waals surface area contributed by atoms with Crippen molar-refractivity contribution in [2.45, 2.75) is 43.6 Å². The number of amides is 1. The summed E-state index contributed by atoms with van der Waals surface area (Å²) in [6.45, 7) is 3.06. The molecule has 1 saturated heterocycles. The summed E-state index contributed by atoms with van der Waals surface area (Å²) >= 11 is 0. The fourth-order valence-electron chi connectivity index (χ4n) is 3.37. The van der Waals surface area contributed by atoms with Crippen molar-refractivity contribution in [3.8, 4) is 0 Å². The lowest BCUT2D eigenvalue weighted by Crippen LogP contribution is -2.45. The number of piperidine rings is 1. The minimum Gasteiger partial charge on any atom is -0.378 e. The molecule has 1 heterocycles. The van der Waals surface area contributed by atoms with Crippen molar-refractivity contribution in [3.63, 3.8) is 0 Å². The molecule has 1 amide bonds. The Morgan fingerprint density at radius 2 is 1.87 bits per heavy atom. The summed E-state index contributed by atoms with van der Waals surface area (Å²) in [5.74, 6) is 0.319. The number of carbonyl (C=O) groups is 1. The molecule has 128 valence electrons. The minimum absolute atomic E-state index is 0. The van der Waals surface area contributed by atoms with Gasteiger partial charge in [0.25, 0.3) is 0 Å². The number of ether oxygens (including phenoxy) is 1. The average molecular weight is 339 g/mol. The first-order valence-electron chi connectivity index (χ1n) is 8.43. The Balaban J connectivity index is 0.00000192. The maximum atomic E-state index is 12.9. The van der Waals surface area contributed by atoms with Crippen molar-refractivity contribution in [1.29, 1.82) is 0 Å². The topological polar surface area (TPSA) is 55.6 Å². The van der Waals surface area contributed by atoms with Crippen LogP contribution in [0.2, 0.25) is 0 Å². The van der Waals surface area contributed by atoms with E-state index in [2.05, 4.69) is 12.1 Å². The smallest absolute Gasteiger partial charge is 0.233 e. The molecule has 0 radical (unpaired) electrons. The Kier molecular flexibility index (Phi) is 6.45. The summed E-state index contributed by atoms with van der Waals surface area (Å²) in [5.41, 5.74) is 6.44. The fraction of sp³-hybridized carbons (Fsp3) is 0.611. The number of likely N-dealkylation sites (tertiary alicyclic amines) is 1. The van der Waals surface area contributed by atoms with Crippen LogP contribution in [-0.2, 0) is 14.9 Å². The van der Waals surface area contributed by atoms with Gasteiger partial charge in [0.15, 0.2) is 0 Å². The van der Waals surface area contributed by atoms with E-state index in [1.165, 1.54) is 5.56 Å². The molecule has 0 aromatic heterocycles. The van der Waals surface area contributed by atoms with E-state index in [-0.39, 0.29) is 17.8 Å². The van der Waals surface area contributed by atoms with Gasteiger partial charge in [-0.15, -0.1) is 12.4 Å². The number of hydrogen-bond donors (Lipinski definition) is 1. The van der Waals surface area contributed by atoms with Gasteiger partial charge in [-0.1, -0.05) is 30.3 Å². The number of benzene rings is 1. The van der Waals surface area contributed by atoms with E-state index in [4.69, 9.17) is 10.5 Å². The van der Waals surface area contributed by atoms with Crippen LogP contribution in [0, 0.1) is 0 Å². The molecule has 1 aliphatic heterocycles. The van der Waals surface area contributed by atoms with E-state index < -0.39 is 0 Å². The van der Waals surface area contributed by atoms with E-state index in [1.54, 1.807) is 0 Å². The highest BCUT2D eigenvalue weighted by Crippen LogP contribution is 2.49. The molecule has 2 fully saturated rings. The zero-order valence-electron chi connectivity index (χ0n) is 13.6. The third-order valence-electron chi connectivity index (χ3n) is 4.92. The molecule has 0 unspecified atom stereocenters. The Hall–Kier alpha value is -1.10. The molecule has 4 nitrogen and oxygen atoms in total. The van der Waals surface area contributed by atoms with Crippen LogP contribution < -0.4 is 5.73 Å². The molecular formula is C18H27ClN2O2. The standard InChI is InChI=1S/C18H26N2O2.ClH/c19-11-4-14-22-16-7-12-20(13-8-16)17(21)18(9-10-18)15-5-2-1-3-6-15;/h1-3,5-6,16H,4,7-14,19H2;1H. The first-order chi connectivity index (χ1) is 10.8. The molecule has 2 aliphatic rings.